The minimum Gasteiger partial charge on any atom is -0.429 e. The first-order valence-corrected chi connectivity index (χ1v) is 11.9. The SMILES string of the molecule is CCC12CCC(c3cc(F)c(C(F)(F)Oc4ccc(-c5cc(F)c(C)c(F)c5)cc4)c(F)c3)(OC1)OC2. The predicted molar refractivity (Wildman–Crippen MR) is 123 cm³/mol. The maximum atomic E-state index is 14.9. The molecule has 3 aromatic carbocycles. The topological polar surface area (TPSA) is 27.7 Å². The van der Waals surface area contributed by atoms with Gasteiger partial charge in [0.15, 0.2) is 5.79 Å². The molecule has 2 bridgehead atoms. The molecule has 3 aliphatic rings. The van der Waals surface area contributed by atoms with Crippen LogP contribution in [0.3, 0.4) is 0 Å². The van der Waals surface area contributed by atoms with Gasteiger partial charge in [0, 0.05) is 23.0 Å². The first kappa shape index (κ1) is 25.6. The summed E-state index contributed by atoms with van der Waals surface area (Å²) in [5.41, 5.74) is -1.31. The fourth-order valence-electron chi connectivity index (χ4n) is 4.83. The minimum atomic E-state index is -4.35. The highest BCUT2D eigenvalue weighted by Gasteiger charge is 2.52. The maximum Gasteiger partial charge on any atom is 0.432 e. The van der Waals surface area contributed by atoms with Crippen LogP contribution in [0.5, 0.6) is 5.75 Å². The van der Waals surface area contributed by atoms with Gasteiger partial charge in [0.05, 0.1) is 13.2 Å². The average molecular weight is 522 g/mol. The quantitative estimate of drug-likeness (QED) is 0.310. The van der Waals surface area contributed by atoms with Gasteiger partial charge in [-0.2, -0.15) is 8.78 Å². The monoisotopic (exact) mass is 522 g/mol. The van der Waals surface area contributed by atoms with E-state index in [0.29, 0.717) is 25.2 Å². The average Bonchev–Trinajstić information content (AvgIpc) is 2.87. The Bertz CT molecular complexity index is 1270. The number of halogens is 6. The van der Waals surface area contributed by atoms with Crippen LogP contribution in [0.25, 0.3) is 11.1 Å². The van der Waals surface area contributed by atoms with E-state index in [4.69, 9.17) is 9.47 Å². The smallest absolute Gasteiger partial charge is 0.429 e. The second-order valence-electron chi connectivity index (χ2n) is 9.71. The molecule has 3 nitrogen and oxygen atoms in total. The van der Waals surface area contributed by atoms with Gasteiger partial charge < -0.3 is 14.2 Å². The zero-order chi connectivity index (χ0) is 26.6. The van der Waals surface area contributed by atoms with E-state index in [9.17, 15) is 26.3 Å². The van der Waals surface area contributed by atoms with Gasteiger partial charge in [0.25, 0.3) is 0 Å². The molecule has 0 spiro atoms. The molecule has 196 valence electrons. The zero-order valence-electron chi connectivity index (χ0n) is 20.1. The van der Waals surface area contributed by atoms with Crippen LogP contribution < -0.4 is 4.74 Å². The zero-order valence-corrected chi connectivity index (χ0v) is 20.1. The number of rotatable bonds is 6. The number of benzene rings is 3. The second-order valence-corrected chi connectivity index (χ2v) is 9.71. The van der Waals surface area contributed by atoms with Crippen LogP contribution in [0.2, 0.25) is 0 Å². The van der Waals surface area contributed by atoms with Gasteiger partial charge in [-0.05, 0) is 67.3 Å². The lowest BCUT2D eigenvalue weighted by Crippen LogP contribution is -2.53. The van der Waals surface area contributed by atoms with Crippen molar-refractivity contribution in [1.29, 1.82) is 0 Å². The highest BCUT2D eigenvalue weighted by atomic mass is 19.3. The summed E-state index contributed by atoms with van der Waals surface area (Å²) >= 11 is 0. The summed E-state index contributed by atoms with van der Waals surface area (Å²) in [5.74, 6) is -6.28. The number of ether oxygens (including phenoxy) is 3. The molecule has 0 radical (unpaired) electrons. The van der Waals surface area contributed by atoms with Crippen LogP contribution in [0.15, 0.2) is 48.5 Å². The van der Waals surface area contributed by atoms with Gasteiger partial charge in [-0.3, -0.25) is 0 Å². The Morgan fingerprint density at radius 1 is 0.811 bits per heavy atom. The molecule has 0 aliphatic carbocycles. The van der Waals surface area contributed by atoms with Crippen molar-refractivity contribution in [3.63, 3.8) is 0 Å². The molecule has 3 heterocycles. The Balaban J connectivity index is 1.37. The van der Waals surface area contributed by atoms with E-state index < -0.39 is 46.5 Å². The number of hydrogen-bond donors (Lipinski definition) is 0. The molecule has 0 N–H and O–H groups in total. The van der Waals surface area contributed by atoms with Crippen molar-refractivity contribution < 1.29 is 40.6 Å². The molecule has 0 atom stereocenters. The Hall–Kier alpha value is -3.04. The molecule has 9 heteroatoms. The highest BCUT2D eigenvalue weighted by Crippen LogP contribution is 2.51. The summed E-state index contributed by atoms with van der Waals surface area (Å²) in [6, 6.07) is 8.67. The van der Waals surface area contributed by atoms with Gasteiger partial charge in [0.2, 0.25) is 0 Å². The second kappa shape index (κ2) is 9.06. The van der Waals surface area contributed by atoms with E-state index in [1.807, 2.05) is 6.92 Å². The normalized spacial score (nSPS) is 23.4. The van der Waals surface area contributed by atoms with Crippen LogP contribution >= 0.6 is 0 Å². The summed E-state index contributed by atoms with van der Waals surface area (Å²) in [5, 5.41) is 0. The van der Waals surface area contributed by atoms with Crippen LogP contribution in [0.4, 0.5) is 26.3 Å². The van der Waals surface area contributed by atoms with E-state index in [1.54, 1.807) is 0 Å². The Labute approximate surface area is 210 Å². The van der Waals surface area contributed by atoms with Crippen LogP contribution in [-0.2, 0) is 21.4 Å². The Morgan fingerprint density at radius 2 is 1.38 bits per heavy atom. The summed E-state index contributed by atoms with van der Waals surface area (Å²) in [6.07, 6.45) is -2.45. The molecule has 6 rings (SSSR count). The third-order valence-electron chi connectivity index (χ3n) is 7.45. The lowest BCUT2D eigenvalue weighted by atomic mass is 9.75. The molecule has 0 unspecified atom stereocenters. The first-order chi connectivity index (χ1) is 17.5. The molecule has 37 heavy (non-hydrogen) atoms. The lowest BCUT2D eigenvalue weighted by Gasteiger charge is -2.52. The van der Waals surface area contributed by atoms with E-state index >= 15 is 0 Å². The van der Waals surface area contributed by atoms with E-state index in [2.05, 4.69) is 4.74 Å². The van der Waals surface area contributed by atoms with Crippen molar-refractivity contribution in [2.45, 2.75) is 45.0 Å². The molecular formula is C28H24F6O3. The van der Waals surface area contributed by atoms with Gasteiger partial charge in [-0.25, -0.2) is 17.6 Å². The highest BCUT2D eigenvalue weighted by molar-refractivity contribution is 5.64. The molecule has 3 fully saturated rings. The molecule has 0 aromatic heterocycles. The predicted octanol–water partition coefficient (Wildman–Crippen LogP) is 7.74. The van der Waals surface area contributed by atoms with E-state index in [0.717, 1.165) is 49.2 Å². The summed E-state index contributed by atoms with van der Waals surface area (Å²) in [4.78, 5) is 0. The van der Waals surface area contributed by atoms with Crippen molar-refractivity contribution in [3.05, 3.63) is 88.5 Å². The lowest BCUT2D eigenvalue weighted by molar-refractivity contribution is -0.350. The number of hydrogen-bond acceptors (Lipinski definition) is 3. The molecule has 0 saturated carbocycles. The minimum absolute atomic E-state index is 0.00614. The van der Waals surface area contributed by atoms with Crippen molar-refractivity contribution in [1.82, 2.24) is 0 Å². The van der Waals surface area contributed by atoms with Gasteiger partial charge >= 0.3 is 6.11 Å². The summed E-state index contributed by atoms with van der Waals surface area (Å²) < 4.78 is 104. The summed E-state index contributed by atoms with van der Waals surface area (Å²) in [6.45, 7) is 4.01. The Morgan fingerprint density at radius 3 is 1.86 bits per heavy atom. The van der Waals surface area contributed by atoms with Crippen molar-refractivity contribution in [2.75, 3.05) is 13.2 Å². The van der Waals surface area contributed by atoms with E-state index in [1.165, 1.54) is 19.1 Å². The molecule has 3 saturated heterocycles. The molecular weight excluding hydrogens is 498 g/mol. The van der Waals surface area contributed by atoms with E-state index in [-0.39, 0.29) is 22.1 Å². The van der Waals surface area contributed by atoms with Crippen molar-refractivity contribution in [2.24, 2.45) is 5.41 Å². The fourth-order valence-corrected chi connectivity index (χ4v) is 4.83. The molecule has 3 aliphatic heterocycles. The van der Waals surface area contributed by atoms with Crippen LogP contribution in [0, 0.1) is 35.6 Å². The van der Waals surface area contributed by atoms with Gasteiger partial charge in [-0.1, -0.05) is 19.1 Å². The maximum absolute atomic E-state index is 14.9. The standard InChI is InChI=1S/C28H24F6O3/c1-3-26-8-9-27(35-14-26,36-15-26)19-12-23(31)25(24(32)13-19)28(33,34)37-20-6-4-17(5-7-20)18-10-21(29)16(2)22(30)11-18/h4-7,10-13H,3,8-9,14-15H2,1-2H3. The number of alkyl halides is 2. The Kier molecular flexibility index (Phi) is 6.27. The fraction of sp³-hybridized carbons (Fsp3) is 0.357. The number of fused-ring (bicyclic) bond motifs is 3. The largest absolute Gasteiger partial charge is 0.432 e. The first-order valence-electron chi connectivity index (χ1n) is 11.9. The summed E-state index contributed by atoms with van der Waals surface area (Å²) in [7, 11) is 0. The molecule has 3 aromatic rings. The van der Waals surface area contributed by atoms with Gasteiger partial charge in [-0.15, -0.1) is 0 Å². The third kappa shape index (κ3) is 4.48. The van der Waals surface area contributed by atoms with Gasteiger partial charge in [0.1, 0.15) is 34.6 Å². The third-order valence-corrected chi connectivity index (χ3v) is 7.45. The van der Waals surface area contributed by atoms with Crippen molar-refractivity contribution in [3.8, 4) is 16.9 Å². The van der Waals surface area contributed by atoms with Crippen LogP contribution in [0.1, 0.15) is 42.9 Å². The van der Waals surface area contributed by atoms with Crippen LogP contribution in [-0.4, -0.2) is 13.2 Å². The molecule has 0 amide bonds. The van der Waals surface area contributed by atoms with Crippen molar-refractivity contribution >= 4 is 0 Å².